The summed E-state index contributed by atoms with van der Waals surface area (Å²) in [7, 11) is 0. The molecule has 0 amide bonds. The van der Waals surface area contributed by atoms with E-state index in [2.05, 4.69) is 13.8 Å². The molecule has 4 nitrogen and oxygen atoms in total. The zero-order valence-corrected chi connectivity index (χ0v) is 20.1. The Hall–Kier alpha value is -0.261. The average Bonchev–Trinajstić information content (AvgIpc) is 3.13. The molecule has 5 heteroatoms. The van der Waals surface area contributed by atoms with Crippen molar-refractivity contribution in [3.8, 4) is 0 Å². The molecule has 1 heterocycles. The molecule has 0 aromatic carbocycles. The molecule has 1 aliphatic carbocycles. The fourth-order valence-electron chi connectivity index (χ4n) is 5.58. The Labute approximate surface area is 163 Å². The molecule has 0 N–H and O–H groups in total. The van der Waals surface area contributed by atoms with Crippen molar-refractivity contribution in [2.75, 3.05) is 13.2 Å². The molecular weight excluding hydrogens is 435 g/mol. The number of carbonyl (C=O) groups is 2. The molecule has 26 heavy (non-hydrogen) atoms. The van der Waals surface area contributed by atoms with Crippen LogP contribution in [0, 0.1) is 17.3 Å². The molecule has 0 bridgehead atoms. The van der Waals surface area contributed by atoms with E-state index < -0.39 is 23.8 Å². The normalized spacial score (nSPS) is 25.7. The number of fused-ring (bicyclic) bond motifs is 1. The summed E-state index contributed by atoms with van der Waals surface area (Å²) in [5.41, 5.74) is -1.02. The van der Waals surface area contributed by atoms with Crippen LogP contribution in [-0.2, 0) is 19.1 Å². The fraction of sp³-hybridized carbons (Fsp3) is 0.905. The zero-order chi connectivity index (χ0) is 19.2. The Balaban J connectivity index is 2.15. The zero-order valence-electron chi connectivity index (χ0n) is 17.3. The van der Waals surface area contributed by atoms with Crippen LogP contribution >= 0.6 is 0 Å². The van der Waals surface area contributed by atoms with E-state index in [-0.39, 0.29) is 11.9 Å². The summed E-state index contributed by atoms with van der Waals surface area (Å²) < 4.78 is 16.4. The summed E-state index contributed by atoms with van der Waals surface area (Å²) >= 11 is -2.10. The molecule has 2 aliphatic rings. The van der Waals surface area contributed by atoms with Gasteiger partial charge in [0.1, 0.15) is 0 Å². The number of unbranched alkanes of at least 4 members (excludes halogenated alkanes) is 2. The van der Waals surface area contributed by atoms with Gasteiger partial charge >= 0.3 is 164 Å². The van der Waals surface area contributed by atoms with Crippen LogP contribution < -0.4 is 0 Å². The summed E-state index contributed by atoms with van der Waals surface area (Å²) in [6.45, 7) is 8.85. The summed E-state index contributed by atoms with van der Waals surface area (Å²) in [5, 5.41) is 0. The van der Waals surface area contributed by atoms with E-state index in [1.165, 1.54) is 43.4 Å². The molecule has 150 valence electrons. The van der Waals surface area contributed by atoms with E-state index in [9.17, 15) is 9.59 Å². The molecule has 2 atom stereocenters. The Bertz CT molecular complexity index is 446. The third-order valence-corrected chi connectivity index (χ3v) is 22.7. The third-order valence-electron chi connectivity index (χ3n) is 6.73. The second kappa shape index (κ2) is 9.79. The maximum atomic E-state index is 12.7. The summed E-state index contributed by atoms with van der Waals surface area (Å²) in [6, 6.07) is 0. The van der Waals surface area contributed by atoms with Crippen LogP contribution in [0.3, 0.4) is 0 Å². The van der Waals surface area contributed by atoms with Crippen molar-refractivity contribution >= 4 is 30.3 Å². The molecule has 2 rings (SSSR count). The molecule has 0 radical (unpaired) electrons. The first kappa shape index (κ1) is 22.0. The molecule has 1 saturated heterocycles. The van der Waals surface area contributed by atoms with Gasteiger partial charge in [-0.15, -0.1) is 0 Å². The number of rotatable bonds is 10. The quantitative estimate of drug-likeness (QED) is 0.249. The van der Waals surface area contributed by atoms with E-state index in [1.807, 2.05) is 13.8 Å². The van der Waals surface area contributed by atoms with Crippen molar-refractivity contribution in [1.29, 1.82) is 0 Å². The SMILES string of the molecule is CCC[CH2][Sn]1([CH2]CCC)[CH2][C@H]2CC(C(=O)OCC)(C(=O)OCC)C[C@H]2[CH2]1. The Morgan fingerprint density at radius 3 is 1.62 bits per heavy atom. The van der Waals surface area contributed by atoms with Gasteiger partial charge in [0.05, 0.1) is 0 Å². The number of hydrogen-bond donors (Lipinski definition) is 0. The third kappa shape index (κ3) is 4.59. The number of ether oxygens (including phenoxy) is 2. The number of hydrogen-bond acceptors (Lipinski definition) is 4. The topological polar surface area (TPSA) is 52.6 Å². The number of esters is 2. The molecule has 1 saturated carbocycles. The first-order valence-corrected chi connectivity index (χ1v) is 18.9. The standard InChI is InChI=1S/C13H20O4.2C4H9.Sn/c1-5-16-11(14)13(12(15)17-6-2)7-9(3)10(4)8-13;2*1-3-4-2;/h9-10H,3-8H2,1-2H3;2*1,3-4H2,2H3;/t9-,10+;;;. The molecule has 0 aromatic rings. The Kier molecular flexibility index (Phi) is 8.29. The van der Waals surface area contributed by atoms with Crippen LogP contribution in [0.4, 0.5) is 0 Å². The van der Waals surface area contributed by atoms with E-state index in [4.69, 9.17) is 9.47 Å². The van der Waals surface area contributed by atoms with Crippen LogP contribution in [0.1, 0.15) is 66.2 Å². The second-order valence-corrected chi connectivity index (χ2v) is 22.3. The first-order valence-electron chi connectivity index (χ1n) is 10.8. The average molecular weight is 473 g/mol. The van der Waals surface area contributed by atoms with Gasteiger partial charge in [-0.1, -0.05) is 0 Å². The Morgan fingerprint density at radius 1 is 0.846 bits per heavy atom. The fourth-order valence-corrected chi connectivity index (χ4v) is 24.5. The molecule has 0 aromatic heterocycles. The monoisotopic (exact) mass is 474 g/mol. The van der Waals surface area contributed by atoms with E-state index in [0.29, 0.717) is 37.9 Å². The molecule has 2 fully saturated rings. The second-order valence-electron chi connectivity index (χ2n) is 8.57. The van der Waals surface area contributed by atoms with Crippen molar-refractivity contribution < 1.29 is 19.1 Å². The van der Waals surface area contributed by atoms with Gasteiger partial charge in [-0.3, -0.25) is 0 Å². The molecular formula is C21H38O4Sn. The molecule has 0 unspecified atom stereocenters. The van der Waals surface area contributed by atoms with Crippen molar-refractivity contribution in [2.45, 2.75) is 84.0 Å². The van der Waals surface area contributed by atoms with Crippen LogP contribution in [0.2, 0.25) is 17.7 Å². The summed E-state index contributed by atoms with van der Waals surface area (Å²) in [5.74, 6) is 0.424. The molecule has 1 aliphatic heterocycles. The van der Waals surface area contributed by atoms with Crippen LogP contribution in [0.15, 0.2) is 0 Å². The van der Waals surface area contributed by atoms with E-state index in [0.717, 1.165) is 0 Å². The van der Waals surface area contributed by atoms with Gasteiger partial charge in [-0.05, 0) is 0 Å². The van der Waals surface area contributed by atoms with Gasteiger partial charge < -0.3 is 0 Å². The van der Waals surface area contributed by atoms with Gasteiger partial charge in [-0.2, -0.15) is 0 Å². The molecule has 0 spiro atoms. The van der Waals surface area contributed by atoms with Crippen molar-refractivity contribution in [3.63, 3.8) is 0 Å². The summed E-state index contributed by atoms with van der Waals surface area (Å²) in [6.07, 6.45) is 6.67. The predicted molar refractivity (Wildman–Crippen MR) is 107 cm³/mol. The van der Waals surface area contributed by atoms with Gasteiger partial charge in [0.25, 0.3) is 0 Å². The maximum absolute atomic E-state index is 12.7. The van der Waals surface area contributed by atoms with Gasteiger partial charge in [0, 0.05) is 0 Å². The first-order chi connectivity index (χ1) is 12.5. The minimum absolute atomic E-state index is 0.325. The minimum atomic E-state index is -2.10. The Morgan fingerprint density at radius 2 is 1.27 bits per heavy atom. The summed E-state index contributed by atoms with van der Waals surface area (Å²) in [4.78, 5) is 25.4. The van der Waals surface area contributed by atoms with Gasteiger partial charge in [0.2, 0.25) is 0 Å². The van der Waals surface area contributed by atoms with Crippen LogP contribution in [-0.4, -0.2) is 43.5 Å². The van der Waals surface area contributed by atoms with Crippen LogP contribution in [0.25, 0.3) is 0 Å². The van der Waals surface area contributed by atoms with Gasteiger partial charge in [0.15, 0.2) is 0 Å². The van der Waals surface area contributed by atoms with E-state index in [1.54, 1.807) is 0 Å². The van der Waals surface area contributed by atoms with E-state index >= 15 is 0 Å². The van der Waals surface area contributed by atoms with Crippen molar-refractivity contribution in [3.05, 3.63) is 0 Å². The van der Waals surface area contributed by atoms with Gasteiger partial charge in [-0.25, -0.2) is 0 Å². The van der Waals surface area contributed by atoms with Crippen molar-refractivity contribution in [2.24, 2.45) is 17.3 Å². The number of carbonyl (C=O) groups excluding carboxylic acids is 2. The van der Waals surface area contributed by atoms with Crippen LogP contribution in [0.5, 0.6) is 0 Å². The predicted octanol–water partition coefficient (Wildman–Crippen LogP) is 5.19. The van der Waals surface area contributed by atoms with Crippen molar-refractivity contribution in [1.82, 2.24) is 0 Å².